The van der Waals surface area contributed by atoms with E-state index in [4.69, 9.17) is 5.11 Å². The first-order valence-electron chi connectivity index (χ1n) is 8.95. The molecule has 2 N–H and O–H groups in total. The van der Waals surface area contributed by atoms with Crippen LogP contribution in [-0.4, -0.2) is 46.4 Å². The first-order chi connectivity index (χ1) is 12.1. The zero-order chi connectivity index (χ0) is 17.8. The van der Waals surface area contributed by atoms with E-state index in [1.54, 1.807) is 17.0 Å². The maximum atomic E-state index is 12.7. The van der Waals surface area contributed by atoms with Crippen molar-refractivity contribution >= 4 is 17.8 Å². The van der Waals surface area contributed by atoms with Gasteiger partial charge in [0.05, 0.1) is 5.92 Å². The number of likely N-dealkylation sites (tertiary alicyclic amines) is 1. The summed E-state index contributed by atoms with van der Waals surface area (Å²) in [6.07, 6.45) is 4.05. The van der Waals surface area contributed by atoms with Gasteiger partial charge < -0.3 is 15.3 Å². The highest BCUT2D eigenvalue weighted by Crippen LogP contribution is 2.26. The van der Waals surface area contributed by atoms with E-state index in [0.29, 0.717) is 44.2 Å². The largest absolute Gasteiger partial charge is 0.481 e. The second-order valence-corrected chi connectivity index (χ2v) is 6.92. The molecule has 1 unspecified atom stereocenters. The number of benzene rings is 1. The molecule has 25 heavy (non-hydrogen) atoms. The molecule has 1 aromatic carbocycles. The van der Waals surface area contributed by atoms with Crippen LogP contribution < -0.4 is 5.32 Å². The SMILES string of the molecule is O=C(O)C1CCC(NC(=O)C2CCCN2C(=O)c2ccccc2)CC1. The number of hydrogen-bond donors (Lipinski definition) is 2. The van der Waals surface area contributed by atoms with Gasteiger partial charge in [-0.3, -0.25) is 14.4 Å². The van der Waals surface area contributed by atoms with Crippen molar-refractivity contribution in [3.05, 3.63) is 35.9 Å². The van der Waals surface area contributed by atoms with Gasteiger partial charge >= 0.3 is 5.97 Å². The fourth-order valence-corrected chi connectivity index (χ4v) is 3.81. The molecule has 1 saturated carbocycles. The van der Waals surface area contributed by atoms with Gasteiger partial charge in [-0.15, -0.1) is 0 Å². The van der Waals surface area contributed by atoms with Crippen LogP contribution in [0.4, 0.5) is 0 Å². The maximum Gasteiger partial charge on any atom is 0.306 e. The maximum absolute atomic E-state index is 12.7. The van der Waals surface area contributed by atoms with E-state index in [0.717, 1.165) is 6.42 Å². The molecular weight excluding hydrogens is 320 g/mol. The van der Waals surface area contributed by atoms with Crippen molar-refractivity contribution in [3.8, 4) is 0 Å². The summed E-state index contributed by atoms with van der Waals surface area (Å²) in [7, 11) is 0. The molecule has 1 aliphatic heterocycles. The van der Waals surface area contributed by atoms with Crippen LogP contribution in [0.15, 0.2) is 30.3 Å². The van der Waals surface area contributed by atoms with E-state index in [2.05, 4.69) is 5.32 Å². The summed E-state index contributed by atoms with van der Waals surface area (Å²) in [6, 6.07) is 8.62. The Labute approximate surface area is 147 Å². The molecular formula is C19H24N2O4. The van der Waals surface area contributed by atoms with Crippen LogP contribution in [0.3, 0.4) is 0 Å². The minimum Gasteiger partial charge on any atom is -0.481 e. The molecule has 2 aliphatic rings. The third-order valence-corrected chi connectivity index (χ3v) is 5.26. The molecule has 6 nitrogen and oxygen atoms in total. The van der Waals surface area contributed by atoms with Crippen LogP contribution >= 0.6 is 0 Å². The molecule has 1 aliphatic carbocycles. The van der Waals surface area contributed by atoms with E-state index in [9.17, 15) is 14.4 Å². The van der Waals surface area contributed by atoms with Crippen molar-refractivity contribution < 1.29 is 19.5 Å². The summed E-state index contributed by atoms with van der Waals surface area (Å²) >= 11 is 0. The van der Waals surface area contributed by atoms with Crippen LogP contribution in [-0.2, 0) is 9.59 Å². The molecule has 0 bridgehead atoms. The summed E-state index contributed by atoms with van der Waals surface area (Å²) in [5.74, 6) is -1.26. The fourth-order valence-electron chi connectivity index (χ4n) is 3.81. The van der Waals surface area contributed by atoms with E-state index < -0.39 is 12.0 Å². The second-order valence-electron chi connectivity index (χ2n) is 6.92. The number of carboxylic acid groups (broad SMARTS) is 1. The Hall–Kier alpha value is -2.37. The summed E-state index contributed by atoms with van der Waals surface area (Å²) in [5, 5.41) is 12.1. The minimum absolute atomic E-state index is 0.0115. The lowest BCUT2D eigenvalue weighted by atomic mass is 9.86. The first kappa shape index (κ1) is 17.5. The number of carbonyl (C=O) groups excluding carboxylic acids is 2. The third kappa shape index (κ3) is 4.00. The molecule has 0 spiro atoms. The van der Waals surface area contributed by atoms with Crippen LogP contribution in [0.5, 0.6) is 0 Å². The van der Waals surface area contributed by atoms with Crippen molar-refractivity contribution in [1.29, 1.82) is 0 Å². The molecule has 1 aromatic rings. The van der Waals surface area contributed by atoms with Gasteiger partial charge in [0.15, 0.2) is 0 Å². The highest BCUT2D eigenvalue weighted by molar-refractivity contribution is 5.98. The van der Waals surface area contributed by atoms with Crippen molar-refractivity contribution in [3.63, 3.8) is 0 Å². The van der Waals surface area contributed by atoms with Crippen LogP contribution in [0.2, 0.25) is 0 Å². The van der Waals surface area contributed by atoms with Gasteiger partial charge in [0.2, 0.25) is 5.91 Å². The lowest BCUT2D eigenvalue weighted by Crippen LogP contribution is -2.49. The highest BCUT2D eigenvalue weighted by Gasteiger charge is 2.36. The topological polar surface area (TPSA) is 86.7 Å². The van der Waals surface area contributed by atoms with Gasteiger partial charge in [0.1, 0.15) is 6.04 Å². The minimum atomic E-state index is -0.750. The van der Waals surface area contributed by atoms with E-state index >= 15 is 0 Å². The number of nitrogens with one attached hydrogen (secondary N) is 1. The lowest BCUT2D eigenvalue weighted by molar-refractivity contribution is -0.142. The van der Waals surface area contributed by atoms with Gasteiger partial charge in [0.25, 0.3) is 5.91 Å². The second kappa shape index (κ2) is 7.68. The molecule has 0 radical (unpaired) electrons. The van der Waals surface area contributed by atoms with Crippen molar-refractivity contribution in [2.45, 2.75) is 50.6 Å². The average Bonchev–Trinajstić information content (AvgIpc) is 3.12. The van der Waals surface area contributed by atoms with Crippen molar-refractivity contribution in [2.75, 3.05) is 6.54 Å². The highest BCUT2D eigenvalue weighted by atomic mass is 16.4. The Balaban J connectivity index is 1.58. The number of amides is 2. The molecule has 134 valence electrons. The predicted octanol–water partition coefficient (Wildman–Crippen LogP) is 2.05. The van der Waals surface area contributed by atoms with E-state index in [1.165, 1.54) is 0 Å². The van der Waals surface area contributed by atoms with Gasteiger partial charge in [-0.25, -0.2) is 0 Å². The molecule has 0 aromatic heterocycles. The number of carbonyl (C=O) groups is 3. The lowest BCUT2D eigenvalue weighted by Gasteiger charge is -2.30. The number of aliphatic carboxylic acids is 1. The van der Waals surface area contributed by atoms with E-state index in [1.807, 2.05) is 18.2 Å². The van der Waals surface area contributed by atoms with Gasteiger partial charge in [-0.2, -0.15) is 0 Å². The Kier molecular flexibility index (Phi) is 5.36. The first-order valence-corrected chi connectivity index (χ1v) is 8.95. The van der Waals surface area contributed by atoms with Crippen LogP contribution in [0.1, 0.15) is 48.9 Å². The smallest absolute Gasteiger partial charge is 0.306 e. The van der Waals surface area contributed by atoms with Crippen molar-refractivity contribution in [2.24, 2.45) is 5.92 Å². The zero-order valence-electron chi connectivity index (χ0n) is 14.2. The fraction of sp³-hybridized carbons (Fsp3) is 0.526. The predicted molar refractivity (Wildman–Crippen MR) is 92.0 cm³/mol. The number of nitrogens with zero attached hydrogens (tertiary/aromatic N) is 1. The summed E-state index contributed by atoms with van der Waals surface area (Å²) in [6.45, 7) is 0.595. The molecule has 2 fully saturated rings. The summed E-state index contributed by atoms with van der Waals surface area (Å²) < 4.78 is 0. The molecule has 1 saturated heterocycles. The number of carboxylic acids is 1. The zero-order valence-corrected chi connectivity index (χ0v) is 14.2. The molecule has 1 heterocycles. The standard InChI is InChI=1S/C19H24N2O4/c22-17(20-15-10-8-14(9-11-15)19(24)25)16-7-4-12-21(16)18(23)13-5-2-1-3-6-13/h1-3,5-6,14-16H,4,7-12H2,(H,20,22)(H,24,25). The molecule has 6 heteroatoms. The Morgan fingerprint density at radius 3 is 2.32 bits per heavy atom. The number of hydrogen-bond acceptors (Lipinski definition) is 3. The van der Waals surface area contributed by atoms with Crippen molar-refractivity contribution in [1.82, 2.24) is 10.2 Å². The van der Waals surface area contributed by atoms with Gasteiger partial charge in [-0.05, 0) is 50.7 Å². The quantitative estimate of drug-likeness (QED) is 0.875. The molecule has 1 atom stereocenters. The third-order valence-electron chi connectivity index (χ3n) is 5.26. The van der Waals surface area contributed by atoms with Gasteiger partial charge in [0, 0.05) is 18.2 Å². The molecule has 2 amide bonds. The van der Waals surface area contributed by atoms with Gasteiger partial charge in [-0.1, -0.05) is 18.2 Å². The summed E-state index contributed by atoms with van der Waals surface area (Å²) in [5.41, 5.74) is 0.601. The normalized spacial score (nSPS) is 26.2. The monoisotopic (exact) mass is 344 g/mol. The number of rotatable bonds is 4. The van der Waals surface area contributed by atoms with Crippen LogP contribution in [0, 0.1) is 5.92 Å². The summed E-state index contributed by atoms with van der Waals surface area (Å²) in [4.78, 5) is 38.0. The van der Waals surface area contributed by atoms with E-state index in [-0.39, 0.29) is 23.8 Å². The van der Waals surface area contributed by atoms with Crippen LogP contribution in [0.25, 0.3) is 0 Å². The Bertz CT molecular complexity index is 638. The molecule has 3 rings (SSSR count). The Morgan fingerprint density at radius 1 is 1.00 bits per heavy atom. The average molecular weight is 344 g/mol. The Morgan fingerprint density at radius 2 is 1.68 bits per heavy atom.